The van der Waals surface area contributed by atoms with Gasteiger partial charge in [-0.2, -0.15) is 0 Å². The Bertz CT molecular complexity index is 841. The number of carbonyl (C=O) groups excluding carboxylic acids is 2. The Morgan fingerprint density at radius 3 is 2.72 bits per heavy atom. The van der Waals surface area contributed by atoms with Crippen LogP contribution in [0.25, 0.3) is 0 Å². The van der Waals surface area contributed by atoms with E-state index in [9.17, 15) is 9.59 Å². The first-order chi connectivity index (χ1) is 12.0. The van der Waals surface area contributed by atoms with Gasteiger partial charge in [0.05, 0.1) is 29.4 Å². The molecule has 1 aliphatic rings. The monoisotopic (exact) mass is 380 g/mol. The number of carbonyl (C=O) groups is 2. The Morgan fingerprint density at radius 1 is 1.24 bits per heavy atom. The van der Waals surface area contributed by atoms with Crippen LogP contribution >= 0.6 is 23.2 Å². The molecule has 1 atom stereocenters. The highest BCUT2D eigenvalue weighted by Gasteiger charge is 2.28. The Kier molecular flexibility index (Phi) is 5.01. The molecule has 0 bridgehead atoms. The van der Waals surface area contributed by atoms with E-state index in [4.69, 9.17) is 32.7 Å². The Labute approximate surface area is 154 Å². The van der Waals surface area contributed by atoms with Gasteiger partial charge in [0, 0.05) is 0 Å². The van der Waals surface area contributed by atoms with Crippen molar-refractivity contribution in [3.8, 4) is 11.5 Å². The van der Waals surface area contributed by atoms with Crippen LogP contribution in [0.5, 0.6) is 11.5 Å². The average Bonchev–Trinajstić information content (AvgIpc) is 2.61. The number of anilines is 1. The molecular weight excluding hydrogens is 367 g/mol. The molecule has 0 saturated heterocycles. The molecule has 2 aromatic carbocycles. The summed E-state index contributed by atoms with van der Waals surface area (Å²) >= 11 is 12.1. The standard InChI is InChI=1S/C17H14Cl2N2O4/c1-24-15-10(19)7-6-9(18)14(15)17(23)20-8-13-16(22)21-11-4-2-3-5-12(11)25-13/h2-7,13H,8H2,1H3,(H,20,23)(H,21,22). The zero-order chi connectivity index (χ0) is 18.0. The predicted octanol–water partition coefficient (Wildman–Crippen LogP) is 3.13. The van der Waals surface area contributed by atoms with Gasteiger partial charge in [-0.25, -0.2) is 0 Å². The van der Waals surface area contributed by atoms with Crippen LogP contribution in [0, 0.1) is 0 Å². The van der Waals surface area contributed by atoms with E-state index in [1.807, 2.05) is 0 Å². The third kappa shape index (κ3) is 3.50. The SMILES string of the molecule is COc1c(Cl)ccc(Cl)c1C(=O)NCC1Oc2ccccc2NC1=O. The van der Waals surface area contributed by atoms with Crippen molar-refractivity contribution in [3.05, 3.63) is 52.0 Å². The number of rotatable bonds is 4. The molecule has 0 spiro atoms. The van der Waals surface area contributed by atoms with Gasteiger partial charge in [-0.3, -0.25) is 9.59 Å². The fraction of sp³-hybridized carbons (Fsp3) is 0.176. The van der Waals surface area contributed by atoms with Gasteiger partial charge in [0.15, 0.2) is 11.9 Å². The summed E-state index contributed by atoms with van der Waals surface area (Å²) in [6.07, 6.45) is -0.859. The van der Waals surface area contributed by atoms with Crippen molar-refractivity contribution in [2.24, 2.45) is 0 Å². The van der Waals surface area contributed by atoms with Crippen LogP contribution in [-0.4, -0.2) is 31.6 Å². The van der Waals surface area contributed by atoms with Gasteiger partial charge < -0.3 is 20.1 Å². The molecule has 0 fully saturated rings. The Hall–Kier alpha value is -2.44. The molecule has 0 aliphatic carbocycles. The van der Waals surface area contributed by atoms with Crippen molar-refractivity contribution in [1.29, 1.82) is 0 Å². The molecule has 3 rings (SSSR count). The second kappa shape index (κ2) is 7.21. The highest BCUT2D eigenvalue weighted by Crippen LogP contribution is 2.34. The highest BCUT2D eigenvalue weighted by atomic mass is 35.5. The van der Waals surface area contributed by atoms with E-state index in [1.54, 1.807) is 24.3 Å². The summed E-state index contributed by atoms with van der Waals surface area (Å²) in [7, 11) is 1.39. The first kappa shape index (κ1) is 17.4. The minimum Gasteiger partial charge on any atom is -0.494 e. The summed E-state index contributed by atoms with van der Waals surface area (Å²) < 4.78 is 10.8. The van der Waals surface area contributed by atoms with E-state index in [0.29, 0.717) is 11.4 Å². The zero-order valence-corrected chi connectivity index (χ0v) is 14.6. The molecule has 2 amide bonds. The summed E-state index contributed by atoms with van der Waals surface area (Å²) in [5.74, 6) is -0.145. The maximum Gasteiger partial charge on any atom is 0.267 e. The normalized spacial score (nSPS) is 15.6. The molecule has 1 heterocycles. The summed E-state index contributed by atoms with van der Waals surface area (Å²) in [5, 5.41) is 5.81. The van der Waals surface area contributed by atoms with Crippen LogP contribution < -0.4 is 20.1 Å². The lowest BCUT2D eigenvalue weighted by Crippen LogP contribution is -2.45. The molecule has 0 aromatic heterocycles. The van der Waals surface area contributed by atoms with Crippen LogP contribution in [0.4, 0.5) is 5.69 Å². The van der Waals surface area contributed by atoms with Gasteiger partial charge in [-0.05, 0) is 24.3 Å². The summed E-state index contributed by atoms with van der Waals surface area (Å²) in [6, 6.07) is 10.1. The number of fused-ring (bicyclic) bond motifs is 1. The van der Waals surface area contributed by atoms with Crippen LogP contribution in [-0.2, 0) is 4.79 Å². The fourth-order valence-electron chi connectivity index (χ4n) is 2.45. The van der Waals surface area contributed by atoms with Gasteiger partial charge >= 0.3 is 0 Å². The van der Waals surface area contributed by atoms with E-state index < -0.39 is 12.0 Å². The molecule has 0 saturated carbocycles. The van der Waals surface area contributed by atoms with Gasteiger partial charge in [-0.1, -0.05) is 35.3 Å². The van der Waals surface area contributed by atoms with Crippen molar-refractivity contribution in [1.82, 2.24) is 5.32 Å². The van der Waals surface area contributed by atoms with Crippen LogP contribution in [0.2, 0.25) is 10.0 Å². The second-order valence-corrected chi connectivity index (χ2v) is 6.05. The van der Waals surface area contributed by atoms with Crippen LogP contribution in [0.15, 0.2) is 36.4 Å². The van der Waals surface area contributed by atoms with Crippen molar-refractivity contribution in [3.63, 3.8) is 0 Å². The molecule has 1 aliphatic heterocycles. The third-order valence-corrected chi connectivity index (χ3v) is 4.26. The topological polar surface area (TPSA) is 76.7 Å². The molecule has 8 heteroatoms. The van der Waals surface area contributed by atoms with E-state index in [2.05, 4.69) is 10.6 Å². The first-order valence-electron chi connectivity index (χ1n) is 7.38. The number of benzene rings is 2. The van der Waals surface area contributed by atoms with Crippen molar-refractivity contribution in [2.45, 2.75) is 6.10 Å². The molecule has 2 aromatic rings. The number of ether oxygens (including phenoxy) is 2. The van der Waals surface area contributed by atoms with E-state index in [1.165, 1.54) is 19.2 Å². The minimum atomic E-state index is -0.859. The number of methoxy groups -OCH3 is 1. The second-order valence-electron chi connectivity index (χ2n) is 5.24. The Balaban J connectivity index is 1.74. The van der Waals surface area contributed by atoms with Gasteiger partial charge in [0.2, 0.25) is 0 Å². The van der Waals surface area contributed by atoms with Crippen molar-refractivity contribution < 1.29 is 19.1 Å². The summed E-state index contributed by atoms with van der Waals surface area (Å²) in [5.41, 5.74) is 0.697. The molecule has 6 nitrogen and oxygen atoms in total. The number of para-hydroxylation sites is 2. The average molecular weight is 381 g/mol. The van der Waals surface area contributed by atoms with E-state index in [0.717, 1.165) is 0 Å². The maximum atomic E-state index is 12.5. The van der Waals surface area contributed by atoms with Gasteiger partial charge in [0.25, 0.3) is 11.8 Å². The van der Waals surface area contributed by atoms with E-state index in [-0.39, 0.29) is 33.8 Å². The number of halogens is 2. The van der Waals surface area contributed by atoms with Crippen molar-refractivity contribution in [2.75, 3.05) is 19.0 Å². The first-order valence-corrected chi connectivity index (χ1v) is 8.13. The quantitative estimate of drug-likeness (QED) is 0.853. The third-order valence-electron chi connectivity index (χ3n) is 3.64. The molecule has 25 heavy (non-hydrogen) atoms. The van der Waals surface area contributed by atoms with Crippen LogP contribution in [0.3, 0.4) is 0 Å². The smallest absolute Gasteiger partial charge is 0.267 e. The lowest BCUT2D eigenvalue weighted by molar-refractivity contribution is -0.123. The van der Waals surface area contributed by atoms with Crippen LogP contribution in [0.1, 0.15) is 10.4 Å². The van der Waals surface area contributed by atoms with Gasteiger partial charge in [-0.15, -0.1) is 0 Å². The van der Waals surface area contributed by atoms with E-state index >= 15 is 0 Å². The van der Waals surface area contributed by atoms with Crippen molar-refractivity contribution >= 4 is 40.7 Å². The van der Waals surface area contributed by atoms with Gasteiger partial charge in [0.1, 0.15) is 11.3 Å². The summed E-state index contributed by atoms with van der Waals surface area (Å²) in [4.78, 5) is 24.6. The predicted molar refractivity (Wildman–Crippen MR) is 94.8 cm³/mol. The maximum absolute atomic E-state index is 12.5. The minimum absolute atomic E-state index is 0.0367. The summed E-state index contributed by atoms with van der Waals surface area (Å²) in [6.45, 7) is -0.0367. The highest BCUT2D eigenvalue weighted by molar-refractivity contribution is 6.37. The Morgan fingerprint density at radius 2 is 1.96 bits per heavy atom. The fourth-order valence-corrected chi connectivity index (χ4v) is 2.91. The lowest BCUT2D eigenvalue weighted by Gasteiger charge is -2.26. The number of amides is 2. The number of hydrogen-bond donors (Lipinski definition) is 2. The molecule has 0 radical (unpaired) electrons. The zero-order valence-electron chi connectivity index (χ0n) is 13.1. The molecule has 2 N–H and O–H groups in total. The molecule has 130 valence electrons. The lowest BCUT2D eigenvalue weighted by atomic mass is 10.1. The largest absolute Gasteiger partial charge is 0.494 e. The number of hydrogen-bond acceptors (Lipinski definition) is 4. The molecule has 1 unspecified atom stereocenters. The number of nitrogens with one attached hydrogen (secondary N) is 2. The molecular formula is C17H14Cl2N2O4.